The van der Waals surface area contributed by atoms with E-state index in [1.165, 1.54) is 0 Å². The largest absolute Gasteiger partial charge is 0.497 e. The van der Waals surface area contributed by atoms with Gasteiger partial charge in [-0.15, -0.1) is 0 Å². The van der Waals surface area contributed by atoms with Crippen molar-refractivity contribution in [3.05, 3.63) is 54.0 Å². The van der Waals surface area contributed by atoms with E-state index >= 15 is 0 Å². The third kappa shape index (κ3) is 2.44. The highest BCUT2D eigenvalue weighted by Gasteiger charge is 2.08. The van der Waals surface area contributed by atoms with Crippen molar-refractivity contribution >= 4 is 0 Å². The normalized spacial score (nSPS) is 12.4. The maximum atomic E-state index is 6.08. The van der Waals surface area contributed by atoms with Crippen LogP contribution in [-0.2, 0) is 6.42 Å². The van der Waals surface area contributed by atoms with Gasteiger partial charge in [0.05, 0.1) is 13.4 Å². The van der Waals surface area contributed by atoms with Crippen LogP contribution in [0.15, 0.2) is 47.1 Å². The third-order valence-corrected chi connectivity index (χ3v) is 2.55. The molecule has 1 aromatic heterocycles. The monoisotopic (exact) mass is 217 g/mol. The Hall–Kier alpha value is -1.74. The number of benzene rings is 1. The smallest absolute Gasteiger partial charge is 0.118 e. The summed E-state index contributed by atoms with van der Waals surface area (Å²) in [5, 5.41) is 0. The quantitative estimate of drug-likeness (QED) is 0.856. The number of nitrogens with two attached hydrogens (primary N) is 1. The van der Waals surface area contributed by atoms with Gasteiger partial charge >= 0.3 is 0 Å². The molecule has 0 aliphatic heterocycles. The van der Waals surface area contributed by atoms with Crippen LogP contribution in [0.25, 0.3) is 0 Å². The molecular weight excluding hydrogens is 202 g/mol. The molecular formula is C13H15NO2. The number of hydrogen-bond donors (Lipinski definition) is 1. The Morgan fingerprint density at radius 2 is 2.00 bits per heavy atom. The van der Waals surface area contributed by atoms with E-state index in [1.54, 1.807) is 13.4 Å². The second-order valence-electron chi connectivity index (χ2n) is 3.66. The van der Waals surface area contributed by atoms with Crippen molar-refractivity contribution in [1.29, 1.82) is 0 Å². The van der Waals surface area contributed by atoms with Crippen LogP contribution >= 0.6 is 0 Å². The summed E-state index contributed by atoms with van der Waals surface area (Å²) in [5.41, 5.74) is 7.16. The van der Waals surface area contributed by atoms with Crippen LogP contribution in [0.3, 0.4) is 0 Å². The van der Waals surface area contributed by atoms with Crippen molar-refractivity contribution in [2.75, 3.05) is 7.11 Å². The van der Waals surface area contributed by atoms with Gasteiger partial charge in [0, 0.05) is 12.5 Å². The summed E-state index contributed by atoms with van der Waals surface area (Å²) in [4.78, 5) is 0. The van der Waals surface area contributed by atoms with Crippen molar-refractivity contribution in [1.82, 2.24) is 0 Å². The Balaban J connectivity index is 2.05. The molecule has 1 unspecified atom stereocenters. The topological polar surface area (TPSA) is 48.4 Å². The minimum absolute atomic E-state index is 0.0444. The summed E-state index contributed by atoms with van der Waals surface area (Å²) in [6, 6.07) is 11.5. The number of rotatable bonds is 4. The molecule has 0 fully saturated rings. The fraction of sp³-hybridized carbons (Fsp3) is 0.231. The second-order valence-corrected chi connectivity index (χ2v) is 3.66. The highest BCUT2D eigenvalue weighted by atomic mass is 16.5. The van der Waals surface area contributed by atoms with Crippen LogP contribution in [-0.4, -0.2) is 7.11 Å². The Morgan fingerprint density at radius 3 is 2.56 bits per heavy atom. The van der Waals surface area contributed by atoms with E-state index < -0.39 is 0 Å². The van der Waals surface area contributed by atoms with Gasteiger partial charge in [0.15, 0.2) is 0 Å². The Kier molecular flexibility index (Phi) is 3.27. The van der Waals surface area contributed by atoms with Crippen molar-refractivity contribution in [3.63, 3.8) is 0 Å². The lowest BCUT2D eigenvalue weighted by Crippen LogP contribution is -2.12. The first-order valence-corrected chi connectivity index (χ1v) is 5.21. The average molecular weight is 217 g/mol. The summed E-state index contributed by atoms with van der Waals surface area (Å²) in [5.74, 6) is 1.75. The zero-order valence-corrected chi connectivity index (χ0v) is 9.22. The summed E-state index contributed by atoms with van der Waals surface area (Å²) in [6.45, 7) is 0. The highest BCUT2D eigenvalue weighted by molar-refractivity contribution is 5.29. The lowest BCUT2D eigenvalue weighted by atomic mass is 10.0. The molecule has 84 valence electrons. The molecule has 0 radical (unpaired) electrons. The maximum Gasteiger partial charge on any atom is 0.118 e. The Morgan fingerprint density at radius 1 is 1.25 bits per heavy atom. The van der Waals surface area contributed by atoms with Gasteiger partial charge in [-0.05, 0) is 29.8 Å². The molecule has 2 rings (SSSR count). The summed E-state index contributed by atoms with van der Waals surface area (Å²) < 4.78 is 10.4. The van der Waals surface area contributed by atoms with E-state index in [2.05, 4.69) is 0 Å². The molecule has 0 bridgehead atoms. The first kappa shape index (κ1) is 10.8. The summed E-state index contributed by atoms with van der Waals surface area (Å²) in [7, 11) is 1.65. The molecule has 0 aliphatic carbocycles. The average Bonchev–Trinajstić information content (AvgIpc) is 2.82. The molecule has 3 heteroatoms. The fourth-order valence-corrected chi connectivity index (χ4v) is 1.61. The molecule has 16 heavy (non-hydrogen) atoms. The molecule has 1 atom stereocenters. The SMILES string of the molecule is COc1ccc(C(N)Cc2ccco2)cc1. The molecule has 3 nitrogen and oxygen atoms in total. The molecule has 1 aromatic carbocycles. The van der Waals surface area contributed by atoms with Crippen LogP contribution in [0.2, 0.25) is 0 Å². The van der Waals surface area contributed by atoms with Gasteiger partial charge < -0.3 is 14.9 Å². The van der Waals surface area contributed by atoms with Gasteiger partial charge in [-0.1, -0.05) is 12.1 Å². The minimum Gasteiger partial charge on any atom is -0.497 e. The minimum atomic E-state index is -0.0444. The number of hydrogen-bond acceptors (Lipinski definition) is 3. The first-order chi connectivity index (χ1) is 7.79. The first-order valence-electron chi connectivity index (χ1n) is 5.21. The maximum absolute atomic E-state index is 6.08. The summed E-state index contributed by atoms with van der Waals surface area (Å²) >= 11 is 0. The molecule has 2 N–H and O–H groups in total. The van der Waals surface area contributed by atoms with Crippen LogP contribution in [0.4, 0.5) is 0 Å². The lowest BCUT2D eigenvalue weighted by Gasteiger charge is -2.10. The third-order valence-electron chi connectivity index (χ3n) is 2.55. The zero-order valence-electron chi connectivity index (χ0n) is 9.22. The summed E-state index contributed by atoms with van der Waals surface area (Å²) in [6.07, 6.45) is 2.37. The van der Waals surface area contributed by atoms with Gasteiger partial charge in [0.1, 0.15) is 11.5 Å². The van der Waals surface area contributed by atoms with E-state index in [1.807, 2.05) is 36.4 Å². The van der Waals surface area contributed by atoms with Gasteiger partial charge in [-0.2, -0.15) is 0 Å². The molecule has 0 saturated carbocycles. The van der Waals surface area contributed by atoms with Crippen LogP contribution in [0.1, 0.15) is 17.4 Å². The van der Waals surface area contributed by atoms with Gasteiger partial charge in [-0.3, -0.25) is 0 Å². The predicted molar refractivity (Wildman–Crippen MR) is 62.3 cm³/mol. The molecule has 1 heterocycles. The van der Waals surface area contributed by atoms with Crippen LogP contribution in [0.5, 0.6) is 5.75 Å². The molecule has 0 amide bonds. The second kappa shape index (κ2) is 4.86. The van der Waals surface area contributed by atoms with Crippen molar-refractivity contribution in [2.45, 2.75) is 12.5 Å². The highest BCUT2D eigenvalue weighted by Crippen LogP contribution is 2.19. The number of furan rings is 1. The van der Waals surface area contributed by atoms with Crippen molar-refractivity contribution < 1.29 is 9.15 Å². The van der Waals surface area contributed by atoms with E-state index in [4.69, 9.17) is 14.9 Å². The van der Waals surface area contributed by atoms with Crippen molar-refractivity contribution in [2.24, 2.45) is 5.73 Å². The Bertz CT molecular complexity index is 420. The van der Waals surface area contributed by atoms with Gasteiger partial charge in [0.2, 0.25) is 0 Å². The molecule has 0 saturated heterocycles. The Labute approximate surface area is 94.8 Å². The van der Waals surface area contributed by atoms with E-state index in [0.29, 0.717) is 6.42 Å². The van der Waals surface area contributed by atoms with E-state index in [0.717, 1.165) is 17.1 Å². The standard InChI is InChI=1S/C13H15NO2/c1-15-11-6-4-10(5-7-11)13(14)9-12-3-2-8-16-12/h2-8,13H,9,14H2,1H3. The van der Waals surface area contributed by atoms with Crippen LogP contribution in [0, 0.1) is 0 Å². The fourth-order valence-electron chi connectivity index (χ4n) is 1.61. The molecule has 2 aromatic rings. The van der Waals surface area contributed by atoms with E-state index in [9.17, 15) is 0 Å². The lowest BCUT2D eigenvalue weighted by molar-refractivity contribution is 0.414. The van der Waals surface area contributed by atoms with Crippen molar-refractivity contribution in [3.8, 4) is 5.75 Å². The zero-order chi connectivity index (χ0) is 11.4. The van der Waals surface area contributed by atoms with Crippen LogP contribution < -0.4 is 10.5 Å². The van der Waals surface area contributed by atoms with Gasteiger partial charge in [-0.25, -0.2) is 0 Å². The number of methoxy groups -OCH3 is 1. The number of ether oxygens (including phenoxy) is 1. The van der Waals surface area contributed by atoms with E-state index in [-0.39, 0.29) is 6.04 Å². The molecule has 0 spiro atoms. The predicted octanol–water partition coefficient (Wildman–Crippen LogP) is 2.53. The van der Waals surface area contributed by atoms with Gasteiger partial charge in [0.25, 0.3) is 0 Å². The molecule has 0 aliphatic rings.